The topological polar surface area (TPSA) is 60.8 Å². The molecule has 0 aliphatic rings. The Balaban J connectivity index is 2.79. The molecular weight excluding hydrogens is 170 g/mol. The quantitative estimate of drug-likeness (QED) is 0.542. The molecule has 0 aliphatic carbocycles. The van der Waals surface area contributed by atoms with E-state index in [-0.39, 0.29) is 5.06 Å². The number of nitrogens with zero attached hydrogens (tertiary/aromatic N) is 1. The minimum Gasteiger partial charge on any atom is -0.463 e. The first-order chi connectivity index (χ1) is 6.13. The number of hydrogen-bond acceptors (Lipinski definition) is 2. The monoisotopic (exact) mass is 181 g/mol. The number of hydroxylamine groups is 2. The second-order valence-corrected chi connectivity index (χ2v) is 2.71. The van der Waals surface area contributed by atoms with Gasteiger partial charge in [0.2, 0.25) is 0 Å². The molecule has 1 atom stereocenters. The molecule has 4 heteroatoms. The van der Waals surface area contributed by atoms with E-state index in [1.807, 2.05) is 6.07 Å². The molecule has 0 saturated carbocycles. The van der Waals surface area contributed by atoms with Crippen molar-refractivity contribution in [2.45, 2.75) is 13.0 Å². The smallest absolute Gasteiger partial charge is 0.431 e. The van der Waals surface area contributed by atoms with E-state index in [1.54, 1.807) is 31.2 Å². The molecule has 1 rings (SSSR count). The number of rotatable bonds is 2. The van der Waals surface area contributed by atoms with Crippen molar-refractivity contribution < 1.29 is 15.1 Å². The maximum Gasteiger partial charge on any atom is 0.431 e. The Hall–Kier alpha value is -1.55. The molecule has 4 nitrogen and oxygen atoms in total. The van der Waals surface area contributed by atoms with Crippen molar-refractivity contribution in [1.29, 1.82) is 0 Å². The number of amides is 1. The number of benzene rings is 1. The standard InChI is InChI=1S/C9H11NO3/c1-7(10(13)9(11)12)8-5-3-2-4-6-8/h2-7,13H,1H3,(H,11,12). The van der Waals surface area contributed by atoms with E-state index in [1.165, 1.54) is 0 Å². The summed E-state index contributed by atoms with van der Waals surface area (Å²) in [6, 6.07) is 8.40. The van der Waals surface area contributed by atoms with Gasteiger partial charge in [0.15, 0.2) is 0 Å². The third kappa shape index (κ3) is 2.19. The lowest BCUT2D eigenvalue weighted by atomic mass is 10.1. The third-order valence-electron chi connectivity index (χ3n) is 1.84. The minimum absolute atomic E-state index is 0.287. The molecule has 70 valence electrons. The Bertz CT molecular complexity index is 286. The molecule has 1 amide bonds. The molecule has 0 aliphatic heterocycles. The van der Waals surface area contributed by atoms with Gasteiger partial charge in [0.05, 0.1) is 6.04 Å². The summed E-state index contributed by atoms with van der Waals surface area (Å²) in [6.45, 7) is 1.61. The summed E-state index contributed by atoms with van der Waals surface area (Å²) in [6.07, 6.45) is -1.35. The van der Waals surface area contributed by atoms with E-state index in [2.05, 4.69) is 0 Å². The number of carboxylic acid groups (broad SMARTS) is 1. The highest BCUT2D eigenvalue weighted by Gasteiger charge is 2.17. The number of carbonyl (C=O) groups is 1. The van der Waals surface area contributed by atoms with E-state index in [0.717, 1.165) is 5.56 Å². The van der Waals surface area contributed by atoms with E-state index in [0.29, 0.717) is 0 Å². The Labute approximate surface area is 76.0 Å². The molecular formula is C9H11NO3. The Morgan fingerprint density at radius 1 is 1.38 bits per heavy atom. The van der Waals surface area contributed by atoms with Gasteiger partial charge in [-0.15, -0.1) is 0 Å². The SMILES string of the molecule is CC(c1ccccc1)N(O)C(=O)O. The van der Waals surface area contributed by atoms with Gasteiger partial charge in [-0.3, -0.25) is 5.21 Å². The maximum absolute atomic E-state index is 10.4. The molecule has 0 saturated heterocycles. The van der Waals surface area contributed by atoms with Crippen LogP contribution in [0, 0.1) is 0 Å². The Morgan fingerprint density at radius 2 is 1.92 bits per heavy atom. The summed E-state index contributed by atoms with van der Waals surface area (Å²) in [5.74, 6) is 0. The third-order valence-corrected chi connectivity index (χ3v) is 1.84. The predicted octanol–water partition coefficient (Wildman–Crippen LogP) is 2.12. The molecule has 0 fully saturated rings. The fraction of sp³-hybridized carbons (Fsp3) is 0.222. The first-order valence-electron chi connectivity index (χ1n) is 3.89. The number of hydrogen-bond donors (Lipinski definition) is 2. The van der Waals surface area contributed by atoms with Crippen molar-refractivity contribution in [2.75, 3.05) is 0 Å². The summed E-state index contributed by atoms with van der Waals surface area (Å²) in [5, 5.41) is 17.9. The average molecular weight is 181 g/mol. The Morgan fingerprint density at radius 3 is 2.38 bits per heavy atom. The molecule has 0 bridgehead atoms. The highest BCUT2D eigenvalue weighted by molar-refractivity contribution is 5.64. The van der Waals surface area contributed by atoms with E-state index >= 15 is 0 Å². The highest BCUT2D eigenvalue weighted by atomic mass is 16.6. The first-order valence-corrected chi connectivity index (χ1v) is 3.89. The van der Waals surface area contributed by atoms with Gasteiger partial charge >= 0.3 is 6.09 Å². The van der Waals surface area contributed by atoms with Crippen LogP contribution in [-0.2, 0) is 0 Å². The van der Waals surface area contributed by atoms with Crippen LogP contribution in [0.2, 0.25) is 0 Å². The van der Waals surface area contributed by atoms with Crippen LogP contribution in [0.15, 0.2) is 30.3 Å². The zero-order valence-electron chi connectivity index (χ0n) is 7.21. The molecule has 0 radical (unpaired) electrons. The normalized spacial score (nSPS) is 12.2. The molecule has 0 aromatic heterocycles. The van der Waals surface area contributed by atoms with Crippen LogP contribution in [-0.4, -0.2) is 21.5 Å². The molecule has 0 spiro atoms. The Kier molecular flexibility index (Phi) is 2.87. The van der Waals surface area contributed by atoms with Crippen molar-refractivity contribution >= 4 is 6.09 Å². The van der Waals surface area contributed by atoms with Crippen molar-refractivity contribution in [3.8, 4) is 0 Å². The molecule has 2 N–H and O–H groups in total. The summed E-state index contributed by atoms with van der Waals surface area (Å²) < 4.78 is 0. The van der Waals surface area contributed by atoms with E-state index in [4.69, 9.17) is 10.3 Å². The summed E-state index contributed by atoms with van der Waals surface area (Å²) in [4.78, 5) is 10.4. The van der Waals surface area contributed by atoms with Gasteiger partial charge in [-0.05, 0) is 12.5 Å². The predicted molar refractivity (Wildman–Crippen MR) is 46.5 cm³/mol. The van der Waals surface area contributed by atoms with Gasteiger partial charge in [-0.25, -0.2) is 4.79 Å². The lowest BCUT2D eigenvalue weighted by Gasteiger charge is -2.19. The van der Waals surface area contributed by atoms with Crippen LogP contribution in [0.3, 0.4) is 0 Å². The largest absolute Gasteiger partial charge is 0.463 e. The minimum atomic E-state index is -1.35. The fourth-order valence-electron chi connectivity index (χ4n) is 1.04. The van der Waals surface area contributed by atoms with Crippen molar-refractivity contribution in [2.24, 2.45) is 0 Å². The van der Waals surface area contributed by atoms with Crippen molar-refractivity contribution in [3.63, 3.8) is 0 Å². The second kappa shape index (κ2) is 3.91. The molecule has 1 aromatic rings. The van der Waals surface area contributed by atoms with Crippen molar-refractivity contribution in [3.05, 3.63) is 35.9 Å². The molecule has 13 heavy (non-hydrogen) atoms. The van der Waals surface area contributed by atoms with Crippen LogP contribution >= 0.6 is 0 Å². The molecule has 1 unspecified atom stereocenters. The zero-order valence-corrected chi connectivity index (χ0v) is 7.21. The van der Waals surface area contributed by atoms with Gasteiger partial charge < -0.3 is 5.11 Å². The highest BCUT2D eigenvalue weighted by Crippen LogP contribution is 2.17. The van der Waals surface area contributed by atoms with Crippen LogP contribution in [0.1, 0.15) is 18.5 Å². The van der Waals surface area contributed by atoms with Crippen molar-refractivity contribution in [1.82, 2.24) is 5.06 Å². The summed E-state index contributed by atoms with van der Waals surface area (Å²) in [7, 11) is 0. The van der Waals surface area contributed by atoms with Crippen LogP contribution in [0.4, 0.5) is 4.79 Å². The van der Waals surface area contributed by atoms with Crippen LogP contribution in [0.5, 0.6) is 0 Å². The average Bonchev–Trinajstić information content (AvgIpc) is 2.17. The zero-order chi connectivity index (χ0) is 9.84. The van der Waals surface area contributed by atoms with Crippen LogP contribution in [0.25, 0.3) is 0 Å². The lowest BCUT2D eigenvalue weighted by Crippen LogP contribution is -2.28. The van der Waals surface area contributed by atoms with Gasteiger partial charge in [-0.1, -0.05) is 30.3 Å². The molecule has 0 heterocycles. The summed E-state index contributed by atoms with van der Waals surface area (Å²) >= 11 is 0. The lowest BCUT2D eigenvalue weighted by molar-refractivity contribution is -0.0928. The maximum atomic E-state index is 10.4. The first kappa shape index (κ1) is 9.54. The van der Waals surface area contributed by atoms with Gasteiger partial charge in [0.1, 0.15) is 0 Å². The molecule has 1 aromatic carbocycles. The van der Waals surface area contributed by atoms with E-state index in [9.17, 15) is 4.79 Å². The summed E-state index contributed by atoms with van der Waals surface area (Å²) in [5.41, 5.74) is 0.757. The van der Waals surface area contributed by atoms with E-state index < -0.39 is 12.1 Å². The second-order valence-electron chi connectivity index (χ2n) is 2.71. The van der Waals surface area contributed by atoms with Gasteiger partial charge in [-0.2, -0.15) is 5.06 Å². The van der Waals surface area contributed by atoms with Crippen LogP contribution < -0.4 is 0 Å². The van der Waals surface area contributed by atoms with Gasteiger partial charge in [0, 0.05) is 0 Å². The fourth-order valence-corrected chi connectivity index (χ4v) is 1.04. The van der Waals surface area contributed by atoms with Gasteiger partial charge in [0.25, 0.3) is 0 Å².